The molecule has 0 aliphatic heterocycles. The number of thiophene rings is 1. The van der Waals surface area contributed by atoms with E-state index in [0.29, 0.717) is 24.7 Å². The number of nitrogens with zero attached hydrogens (tertiary/aromatic N) is 2. The standard InChI is InChI=1S/C10H13N5OS/c1-2-11-10(16)12-6-8-13-9(15-14-8)7-4-3-5-17-7/h3-5H,2,6H2,1H3,(H2,11,12,16)(H,13,14,15). The van der Waals surface area contributed by atoms with Crippen molar-refractivity contribution in [3.8, 4) is 10.7 Å². The molecule has 90 valence electrons. The highest BCUT2D eigenvalue weighted by Gasteiger charge is 2.07. The van der Waals surface area contributed by atoms with Crippen molar-refractivity contribution in [3.05, 3.63) is 23.3 Å². The highest BCUT2D eigenvalue weighted by Crippen LogP contribution is 2.20. The summed E-state index contributed by atoms with van der Waals surface area (Å²) in [6.07, 6.45) is 0. The highest BCUT2D eigenvalue weighted by molar-refractivity contribution is 7.13. The van der Waals surface area contributed by atoms with Crippen LogP contribution in [-0.2, 0) is 6.54 Å². The lowest BCUT2D eigenvalue weighted by molar-refractivity contribution is 0.241. The van der Waals surface area contributed by atoms with Gasteiger partial charge >= 0.3 is 6.03 Å². The predicted molar refractivity (Wildman–Crippen MR) is 65.6 cm³/mol. The first kappa shape index (κ1) is 11.6. The summed E-state index contributed by atoms with van der Waals surface area (Å²) in [5.74, 6) is 1.30. The van der Waals surface area contributed by atoms with Gasteiger partial charge in [-0.05, 0) is 18.4 Å². The van der Waals surface area contributed by atoms with Gasteiger partial charge in [0.2, 0.25) is 0 Å². The molecule has 3 N–H and O–H groups in total. The second kappa shape index (κ2) is 5.44. The first-order valence-corrected chi connectivity index (χ1v) is 6.14. The fraction of sp³-hybridized carbons (Fsp3) is 0.300. The van der Waals surface area contributed by atoms with Gasteiger partial charge in [-0.3, -0.25) is 5.10 Å². The summed E-state index contributed by atoms with van der Waals surface area (Å²) in [4.78, 5) is 16.5. The first-order chi connectivity index (χ1) is 8.29. The Bertz CT molecular complexity index is 479. The van der Waals surface area contributed by atoms with Crippen LogP contribution in [-0.4, -0.2) is 27.8 Å². The van der Waals surface area contributed by atoms with Gasteiger partial charge in [-0.25, -0.2) is 9.78 Å². The van der Waals surface area contributed by atoms with E-state index in [9.17, 15) is 4.79 Å². The molecule has 0 fully saturated rings. The van der Waals surface area contributed by atoms with Crippen molar-refractivity contribution in [2.75, 3.05) is 6.54 Å². The Kier molecular flexibility index (Phi) is 3.71. The van der Waals surface area contributed by atoms with Crippen molar-refractivity contribution >= 4 is 17.4 Å². The zero-order chi connectivity index (χ0) is 12.1. The number of amides is 2. The molecular formula is C10H13N5OS. The minimum absolute atomic E-state index is 0.207. The van der Waals surface area contributed by atoms with Crippen LogP contribution >= 0.6 is 11.3 Å². The summed E-state index contributed by atoms with van der Waals surface area (Å²) >= 11 is 1.58. The van der Waals surface area contributed by atoms with Crippen molar-refractivity contribution in [2.45, 2.75) is 13.5 Å². The lowest BCUT2D eigenvalue weighted by Gasteiger charge is -2.02. The number of urea groups is 1. The van der Waals surface area contributed by atoms with Gasteiger partial charge in [-0.1, -0.05) is 6.07 Å². The highest BCUT2D eigenvalue weighted by atomic mass is 32.1. The lowest BCUT2D eigenvalue weighted by Crippen LogP contribution is -2.34. The van der Waals surface area contributed by atoms with Crippen LogP contribution in [0.1, 0.15) is 12.7 Å². The van der Waals surface area contributed by atoms with Crippen LogP contribution in [0.4, 0.5) is 4.79 Å². The molecule has 0 aliphatic carbocycles. The molecule has 0 aromatic carbocycles. The van der Waals surface area contributed by atoms with Gasteiger partial charge in [-0.2, -0.15) is 5.10 Å². The zero-order valence-corrected chi connectivity index (χ0v) is 10.2. The monoisotopic (exact) mass is 251 g/mol. The van der Waals surface area contributed by atoms with Crippen molar-refractivity contribution in [1.29, 1.82) is 0 Å². The molecule has 0 aliphatic rings. The lowest BCUT2D eigenvalue weighted by atomic mass is 10.4. The average molecular weight is 251 g/mol. The molecule has 2 aromatic heterocycles. The van der Waals surface area contributed by atoms with Gasteiger partial charge in [0.25, 0.3) is 0 Å². The maximum atomic E-state index is 11.2. The van der Waals surface area contributed by atoms with Gasteiger partial charge < -0.3 is 10.6 Å². The maximum Gasteiger partial charge on any atom is 0.315 e. The largest absolute Gasteiger partial charge is 0.338 e. The molecule has 0 saturated heterocycles. The van der Waals surface area contributed by atoms with Crippen molar-refractivity contribution < 1.29 is 4.79 Å². The Morgan fingerprint density at radius 2 is 2.41 bits per heavy atom. The molecule has 6 nitrogen and oxygen atoms in total. The molecular weight excluding hydrogens is 238 g/mol. The van der Waals surface area contributed by atoms with Crippen LogP contribution < -0.4 is 10.6 Å². The van der Waals surface area contributed by atoms with Crippen molar-refractivity contribution in [2.24, 2.45) is 0 Å². The number of carbonyl (C=O) groups is 1. The number of H-pyrrole nitrogens is 1. The predicted octanol–water partition coefficient (Wildman–Crippen LogP) is 1.35. The number of aromatic nitrogens is 3. The molecule has 17 heavy (non-hydrogen) atoms. The Morgan fingerprint density at radius 3 is 3.12 bits per heavy atom. The first-order valence-electron chi connectivity index (χ1n) is 5.26. The third kappa shape index (κ3) is 3.04. The number of rotatable bonds is 4. The van der Waals surface area contributed by atoms with Gasteiger partial charge in [-0.15, -0.1) is 11.3 Å². The summed E-state index contributed by atoms with van der Waals surface area (Å²) in [5, 5.41) is 14.2. The molecule has 0 bridgehead atoms. The Hall–Kier alpha value is -1.89. The minimum atomic E-state index is -0.207. The van der Waals surface area contributed by atoms with Crippen LogP contribution in [0.3, 0.4) is 0 Å². The molecule has 2 aromatic rings. The third-order valence-corrected chi connectivity index (χ3v) is 2.89. The molecule has 0 saturated carbocycles. The Labute approximate surface area is 102 Å². The number of hydrogen-bond acceptors (Lipinski definition) is 4. The Morgan fingerprint density at radius 1 is 1.53 bits per heavy atom. The number of hydrogen-bond donors (Lipinski definition) is 3. The van der Waals surface area contributed by atoms with E-state index in [0.717, 1.165) is 4.88 Å². The summed E-state index contributed by atoms with van der Waals surface area (Å²) in [6, 6.07) is 3.69. The van der Waals surface area contributed by atoms with Crippen LogP contribution in [0, 0.1) is 0 Å². The normalized spacial score (nSPS) is 10.2. The smallest absolute Gasteiger partial charge is 0.315 e. The molecule has 2 heterocycles. The molecule has 7 heteroatoms. The van der Waals surface area contributed by atoms with Gasteiger partial charge in [0.05, 0.1) is 11.4 Å². The van der Waals surface area contributed by atoms with Crippen LogP contribution in [0.15, 0.2) is 17.5 Å². The molecule has 2 amide bonds. The zero-order valence-electron chi connectivity index (χ0n) is 9.36. The van der Waals surface area contributed by atoms with Gasteiger partial charge in [0.15, 0.2) is 5.82 Å². The van der Waals surface area contributed by atoms with Crippen LogP contribution in [0.25, 0.3) is 10.7 Å². The topological polar surface area (TPSA) is 82.7 Å². The number of carbonyl (C=O) groups excluding carboxylic acids is 1. The molecule has 0 radical (unpaired) electrons. The second-order valence-electron chi connectivity index (χ2n) is 3.30. The SMILES string of the molecule is CCNC(=O)NCc1nc(-c2cccs2)n[nH]1. The summed E-state index contributed by atoms with van der Waals surface area (Å²) < 4.78 is 0. The van der Waals surface area contributed by atoms with Gasteiger partial charge in [0.1, 0.15) is 5.82 Å². The minimum Gasteiger partial charge on any atom is -0.338 e. The average Bonchev–Trinajstić information content (AvgIpc) is 2.97. The van der Waals surface area contributed by atoms with E-state index in [-0.39, 0.29) is 6.03 Å². The van der Waals surface area contributed by atoms with E-state index in [1.165, 1.54) is 0 Å². The molecule has 2 rings (SSSR count). The quantitative estimate of drug-likeness (QED) is 0.767. The summed E-state index contributed by atoms with van der Waals surface area (Å²) in [6.45, 7) is 2.80. The fourth-order valence-electron chi connectivity index (χ4n) is 1.28. The number of aromatic amines is 1. The fourth-order valence-corrected chi connectivity index (χ4v) is 1.93. The van der Waals surface area contributed by atoms with E-state index in [4.69, 9.17) is 0 Å². The maximum absolute atomic E-state index is 11.2. The van der Waals surface area contributed by atoms with Crippen LogP contribution in [0.5, 0.6) is 0 Å². The van der Waals surface area contributed by atoms with E-state index < -0.39 is 0 Å². The molecule has 0 atom stereocenters. The second-order valence-corrected chi connectivity index (χ2v) is 4.24. The van der Waals surface area contributed by atoms with Crippen LogP contribution in [0.2, 0.25) is 0 Å². The summed E-state index contributed by atoms with van der Waals surface area (Å²) in [5.41, 5.74) is 0. The van der Waals surface area contributed by atoms with E-state index in [1.54, 1.807) is 11.3 Å². The molecule has 0 spiro atoms. The number of nitrogens with one attached hydrogen (secondary N) is 3. The summed E-state index contributed by atoms with van der Waals surface area (Å²) in [7, 11) is 0. The van der Waals surface area contributed by atoms with E-state index >= 15 is 0 Å². The van der Waals surface area contributed by atoms with E-state index in [1.807, 2.05) is 24.4 Å². The Balaban J connectivity index is 1.93. The van der Waals surface area contributed by atoms with Gasteiger partial charge in [0, 0.05) is 6.54 Å². The molecule has 0 unspecified atom stereocenters. The third-order valence-electron chi connectivity index (χ3n) is 2.03. The van der Waals surface area contributed by atoms with E-state index in [2.05, 4.69) is 25.8 Å². The van der Waals surface area contributed by atoms with Crippen molar-refractivity contribution in [3.63, 3.8) is 0 Å². The van der Waals surface area contributed by atoms with Crippen molar-refractivity contribution in [1.82, 2.24) is 25.8 Å².